The van der Waals surface area contributed by atoms with Gasteiger partial charge in [0.1, 0.15) is 11.1 Å². The van der Waals surface area contributed by atoms with Crippen LogP contribution in [0, 0.1) is 6.92 Å². The van der Waals surface area contributed by atoms with E-state index < -0.39 is 5.97 Å². The topological polar surface area (TPSA) is 58.7 Å². The predicted octanol–water partition coefficient (Wildman–Crippen LogP) is 2.72. The summed E-state index contributed by atoms with van der Waals surface area (Å²) in [6.45, 7) is 2.04. The second-order valence-corrected chi connectivity index (χ2v) is 9.64. The highest BCUT2D eigenvalue weighted by atomic mass is 16.4. The molecule has 0 radical (unpaired) electrons. The monoisotopic (exact) mass is 499 g/mol. The molecule has 0 spiro atoms. The molecule has 8 nitrogen and oxygen atoms in total. The maximum Gasteiger partial charge on any atom is 0.343 e. The van der Waals surface area contributed by atoms with E-state index in [9.17, 15) is 9.90 Å². The highest BCUT2D eigenvalue weighted by Crippen LogP contribution is 2.25. The van der Waals surface area contributed by atoms with Crippen LogP contribution in [0.15, 0.2) is 79.6 Å². The Morgan fingerprint density at radius 3 is 1.32 bits per heavy atom. The Morgan fingerprint density at radius 2 is 0.973 bits per heavy atom. The Bertz CT molecular complexity index is 1410. The van der Waals surface area contributed by atoms with Crippen molar-refractivity contribution >= 4 is 23.0 Å². The second kappa shape index (κ2) is 10.3. The molecule has 3 heterocycles. The minimum atomic E-state index is -0.988. The van der Waals surface area contributed by atoms with Gasteiger partial charge in [-0.2, -0.15) is 13.7 Å². The van der Waals surface area contributed by atoms with Gasteiger partial charge in [-0.05, 0) is 6.92 Å². The van der Waals surface area contributed by atoms with Crippen LogP contribution in [0.5, 0.6) is 0 Å². The quantitative estimate of drug-likeness (QED) is 0.397. The highest BCUT2D eigenvalue weighted by molar-refractivity contribution is 5.93. The van der Waals surface area contributed by atoms with Crippen molar-refractivity contribution in [3.8, 4) is 17.1 Å². The fourth-order valence-electron chi connectivity index (χ4n) is 4.36. The van der Waals surface area contributed by atoms with Gasteiger partial charge in [0.15, 0.2) is 37.2 Å². The molecule has 0 fully saturated rings. The number of pyridine rings is 3. The Hall–Kier alpha value is -4.46. The van der Waals surface area contributed by atoms with Crippen molar-refractivity contribution in [2.75, 3.05) is 57.0 Å². The van der Waals surface area contributed by atoms with Crippen LogP contribution in [0.4, 0.5) is 17.1 Å². The molecule has 1 aromatic carbocycles. The van der Waals surface area contributed by atoms with E-state index in [0.29, 0.717) is 5.69 Å². The number of aromatic carboxylic acids is 1. The summed E-state index contributed by atoms with van der Waals surface area (Å²) in [7, 11) is 11.9. The first kappa shape index (κ1) is 25.6. The van der Waals surface area contributed by atoms with Crippen LogP contribution in [0.25, 0.3) is 17.1 Å². The number of carboxylic acid groups (broad SMARTS) is 1. The number of hydrogen-bond acceptors (Lipinski definition) is 4. The number of anilines is 3. The number of carbonyl (C=O) groups is 1. The van der Waals surface area contributed by atoms with Crippen molar-refractivity contribution in [3.05, 3.63) is 90.8 Å². The van der Waals surface area contributed by atoms with E-state index in [0.717, 1.165) is 34.0 Å². The van der Waals surface area contributed by atoms with Crippen LogP contribution in [-0.2, 0) is 0 Å². The standard InChI is InChI=1S/C29H34N6O2/c1-21-26(33-14-8-22(9-15-33)30(2)3)20-25(29(36)37)28(35-18-12-24(13-19-35)32(6)7)27(21)34-16-10-23(11-17-34)31(4)5/h8-20H,1-7H3/q+2/p+1. The Labute approximate surface area is 218 Å². The number of carboxylic acids is 1. The molecule has 0 aliphatic rings. The van der Waals surface area contributed by atoms with Gasteiger partial charge in [-0.25, -0.2) is 4.79 Å². The van der Waals surface area contributed by atoms with Crippen molar-refractivity contribution in [1.29, 1.82) is 0 Å². The molecule has 0 amide bonds. The zero-order chi connectivity index (χ0) is 26.9. The maximum absolute atomic E-state index is 12.7. The van der Waals surface area contributed by atoms with Gasteiger partial charge in [0.25, 0.3) is 11.4 Å². The van der Waals surface area contributed by atoms with Gasteiger partial charge in [0, 0.05) is 102 Å². The van der Waals surface area contributed by atoms with E-state index in [4.69, 9.17) is 0 Å². The van der Waals surface area contributed by atoms with Crippen LogP contribution in [0.2, 0.25) is 0 Å². The van der Waals surface area contributed by atoms with Crippen molar-refractivity contribution in [1.82, 2.24) is 0 Å². The molecule has 0 bridgehead atoms. The Kier molecular flexibility index (Phi) is 7.11. The third-order valence-corrected chi connectivity index (χ3v) is 6.51. The molecule has 0 saturated heterocycles. The normalized spacial score (nSPS) is 10.8. The van der Waals surface area contributed by atoms with Crippen LogP contribution in [0.1, 0.15) is 15.9 Å². The van der Waals surface area contributed by atoms with E-state index in [2.05, 4.69) is 0 Å². The first-order valence-electron chi connectivity index (χ1n) is 12.1. The Morgan fingerprint density at radius 1 is 0.622 bits per heavy atom. The summed E-state index contributed by atoms with van der Waals surface area (Å²) < 4.78 is 5.85. The smallest absolute Gasteiger partial charge is 0.343 e. The third kappa shape index (κ3) is 5.09. The van der Waals surface area contributed by atoms with Crippen molar-refractivity contribution in [3.63, 3.8) is 0 Å². The van der Waals surface area contributed by atoms with E-state index in [1.165, 1.54) is 0 Å². The molecule has 0 atom stereocenters. The minimum absolute atomic E-state index is 0.214. The summed E-state index contributed by atoms with van der Waals surface area (Å²) in [5.74, 6) is -0.988. The minimum Gasteiger partial charge on any atom is -0.477 e. The highest BCUT2D eigenvalue weighted by Gasteiger charge is 2.36. The average Bonchev–Trinajstić information content (AvgIpc) is 2.88. The van der Waals surface area contributed by atoms with Crippen LogP contribution in [-0.4, -0.2) is 53.4 Å². The number of nitrogens with zero attached hydrogens (tertiary/aromatic N) is 6. The Balaban J connectivity index is 2.03. The molecule has 0 aliphatic heterocycles. The number of hydrogen-bond donors (Lipinski definition) is 1. The summed E-state index contributed by atoms with van der Waals surface area (Å²) in [6.07, 6.45) is 11.7. The molecular weight excluding hydrogens is 464 g/mol. The molecule has 0 aliphatic carbocycles. The lowest BCUT2D eigenvalue weighted by atomic mass is 10.0. The molecular formula is C29H35N6O2+3. The molecule has 0 saturated carbocycles. The van der Waals surface area contributed by atoms with Gasteiger partial charge in [-0.15, -0.1) is 0 Å². The predicted molar refractivity (Wildman–Crippen MR) is 146 cm³/mol. The van der Waals surface area contributed by atoms with Crippen LogP contribution in [0.3, 0.4) is 0 Å². The molecule has 3 aromatic heterocycles. The average molecular weight is 500 g/mol. The molecule has 1 N–H and O–H groups in total. The van der Waals surface area contributed by atoms with Crippen molar-refractivity contribution in [2.24, 2.45) is 0 Å². The number of aromatic nitrogens is 3. The molecule has 4 aromatic rings. The largest absolute Gasteiger partial charge is 0.477 e. The second-order valence-electron chi connectivity index (χ2n) is 9.64. The van der Waals surface area contributed by atoms with E-state index in [1.807, 2.05) is 151 Å². The fraction of sp³-hybridized carbons (Fsp3) is 0.241. The lowest BCUT2D eigenvalue weighted by Crippen LogP contribution is -2.43. The maximum atomic E-state index is 12.7. The van der Waals surface area contributed by atoms with Gasteiger partial charge in [-0.3, -0.25) is 0 Å². The zero-order valence-corrected chi connectivity index (χ0v) is 22.5. The van der Waals surface area contributed by atoms with Gasteiger partial charge >= 0.3 is 5.97 Å². The zero-order valence-electron chi connectivity index (χ0n) is 22.5. The first-order chi connectivity index (χ1) is 17.6. The molecule has 190 valence electrons. The summed E-state index contributed by atoms with van der Waals surface area (Å²) in [5, 5.41) is 10.4. The summed E-state index contributed by atoms with van der Waals surface area (Å²) in [4.78, 5) is 18.8. The fourth-order valence-corrected chi connectivity index (χ4v) is 4.36. The lowest BCUT2D eigenvalue weighted by molar-refractivity contribution is -0.635. The molecule has 4 rings (SSSR count). The first-order valence-corrected chi connectivity index (χ1v) is 12.1. The summed E-state index contributed by atoms with van der Waals surface area (Å²) in [6, 6.07) is 13.8. The number of rotatable bonds is 7. The molecule has 0 unspecified atom stereocenters. The van der Waals surface area contributed by atoms with Gasteiger partial charge < -0.3 is 19.8 Å². The lowest BCUT2D eigenvalue weighted by Gasteiger charge is -2.13. The van der Waals surface area contributed by atoms with E-state index in [1.54, 1.807) is 6.07 Å². The SMILES string of the molecule is Cc1c(-[n+]2ccc(N(C)C)cc2)cc(C(=O)O)c(-[n+]2ccc(N(C)C)cc2)c1-[n+]1ccc(N(C)C)cc1. The summed E-state index contributed by atoms with van der Waals surface area (Å²) >= 11 is 0. The molecule has 37 heavy (non-hydrogen) atoms. The summed E-state index contributed by atoms with van der Waals surface area (Å²) in [5.41, 5.74) is 6.52. The van der Waals surface area contributed by atoms with Crippen molar-refractivity contribution < 1.29 is 23.6 Å². The number of benzene rings is 1. The van der Waals surface area contributed by atoms with E-state index >= 15 is 0 Å². The van der Waals surface area contributed by atoms with Gasteiger partial charge in [0.05, 0.1) is 0 Å². The van der Waals surface area contributed by atoms with Crippen LogP contribution >= 0.6 is 0 Å². The van der Waals surface area contributed by atoms with Gasteiger partial charge in [0.2, 0.25) is 5.69 Å². The third-order valence-electron chi connectivity index (χ3n) is 6.51. The molecule has 8 heteroatoms. The van der Waals surface area contributed by atoms with Crippen molar-refractivity contribution in [2.45, 2.75) is 6.92 Å². The van der Waals surface area contributed by atoms with E-state index in [-0.39, 0.29) is 5.56 Å². The van der Waals surface area contributed by atoms with Gasteiger partial charge in [-0.1, -0.05) is 0 Å². The van der Waals surface area contributed by atoms with Crippen LogP contribution < -0.4 is 28.4 Å².